The van der Waals surface area contributed by atoms with Crippen molar-refractivity contribution >= 4 is 10.9 Å². The molecule has 0 spiro atoms. The van der Waals surface area contributed by atoms with Crippen LogP contribution >= 0.6 is 0 Å². The van der Waals surface area contributed by atoms with Crippen LogP contribution in [0.25, 0.3) is 10.9 Å². The van der Waals surface area contributed by atoms with E-state index >= 15 is 0 Å². The number of rotatable bonds is 1. The van der Waals surface area contributed by atoms with Crippen molar-refractivity contribution in [3.63, 3.8) is 0 Å². The van der Waals surface area contributed by atoms with Crippen molar-refractivity contribution in [2.45, 2.75) is 18.8 Å². The second kappa shape index (κ2) is 3.03. The number of hydrogen-bond donors (Lipinski definition) is 1. The Bertz CT molecular complexity index is 670. The van der Waals surface area contributed by atoms with Gasteiger partial charge < -0.3 is 14.5 Å². The molecule has 1 aliphatic heterocycles. The summed E-state index contributed by atoms with van der Waals surface area (Å²) in [6.45, 7) is 0.231. The van der Waals surface area contributed by atoms with Crippen LogP contribution < -0.4 is 14.9 Å². The molecule has 0 bridgehead atoms. The van der Waals surface area contributed by atoms with Crippen molar-refractivity contribution in [2.75, 3.05) is 6.79 Å². The molecule has 2 heterocycles. The second-order valence-corrected chi connectivity index (χ2v) is 4.61. The topological polar surface area (TPSA) is 51.3 Å². The summed E-state index contributed by atoms with van der Waals surface area (Å²) < 4.78 is 10.6. The number of H-pyrrole nitrogens is 1. The summed E-state index contributed by atoms with van der Waals surface area (Å²) in [5, 5.41) is 0.665. The van der Waals surface area contributed by atoms with Gasteiger partial charge in [-0.1, -0.05) is 0 Å². The molecular formula is C13H11NO3. The summed E-state index contributed by atoms with van der Waals surface area (Å²) in [6, 6.07) is 5.32. The van der Waals surface area contributed by atoms with Gasteiger partial charge in [0.1, 0.15) is 0 Å². The molecule has 0 radical (unpaired) electrons. The third-order valence-electron chi connectivity index (χ3n) is 3.36. The lowest BCUT2D eigenvalue weighted by Gasteiger charge is -2.04. The van der Waals surface area contributed by atoms with E-state index in [4.69, 9.17) is 9.47 Å². The average Bonchev–Trinajstić information content (AvgIpc) is 3.07. The maximum atomic E-state index is 12.0. The summed E-state index contributed by atoms with van der Waals surface area (Å²) in [4.78, 5) is 15.3. The van der Waals surface area contributed by atoms with E-state index in [0.29, 0.717) is 22.8 Å². The third kappa shape index (κ3) is 1.33. The van der Waals surface area contributed by atoms with Gasteiger partial charge in [-0.05, 0) is 24.8 Å². The Morgan fingerprint density at radius 3 is 2.65 bits per heavy atom. The molecule has 2 aliphatic rings. The lowest BCUT2D eigenvalue weighted by molar-refractivity contribution is 0.174. The minimum atomic E-state index is 0.0546. The number of aromatic nitrogens is 1. The van der Waals surface area contributed by atoms with Gasteiger partial charge in [0.2, 0.25) is 6.79 Å². The van der Waals surface area contributed by atoms with Crippen molar-refractivity contribution in [1.29, 1.82) is 0 Å². The Labute approximate surface area is 97.2 Å². The number of aromatic amines is 1. The van der Waals surface area contributed by atoms with Gasteiger partial charge >= 0.3 is 0 Å². The Balaban J connectivity index is 2.02. The van der Waals surface area contributed by atoms with Crippen LogP contribution in [-0.2, 0) is 0 Å². The Morgan fingerprint density at radius 1 is 1.12 bits per heavy atom. The standard InChI is InChI=1S/C13H11NO3/c15-11-4-9(7-1-2-7)14-10-5-13-12(3-8(10)11)16-6-17-13/h3-5,7H,1-2,6H2,(H,14,15). The molecule has 1 saturated carbocycles. The van der Waals surface area contributed by atoms with E-state index in [9.17, 15) is 4.79 Å². The zero-order valence-corrected chi connectivity index (χ0v) is 9.16. The quantitative estimate of drug-likeness (QED) is 0.815. The van der Waals surface area contributed by atoms with Gasteiger partial charge in [-0.25, -0.2) is 0 Å². The van der Waals surface area contributed by atoms with Crippen LogP contribution in [0.3, 0.4) is 0 Å². The first-order chi connectivity index (χ1) is 8.31. The molecule has 2 aromatic rings. The number of fused-ring (bicyclic) bond motifs is 2. The summed E-state index contributed by atoms with van der Waals surface area (Å²) in [7, 11) is 0. The van der Waals surface area contributed by atoms with Crippen LogP contribution in [0.5, 0.6) is 11.5 Å². The Hall–Kier alpha value is -1.97. The van der Waals surface area contributed by atoms with Crippen molar-refractivity contribution < 1.29 is 9.47 Å². The normalized spacial score (nSPS) is 17.6. The number of nitrogens with one attached hydrogen (secondary N) is 1. The first-order valence-corrected chi connectivity index (χ1v) is 5.78. The minimum absolute atomic E-state index is 0.0546. The first-order valence-electron chi connectivity index (χ1n) is 5.78. The smallest absolute Gasteiger partial charge is 0.231 e. The van der Waals surface area contributed by atoms with Crippen molar-refractivity contribution in [1.82, 2.24) is 4.98 Å². The van der Waals surface area contributed by atoms with Gasteiger partial charge in [-0.15, -0.1) is 0 Å². The molecule has 1 aliphatic carbocycles. The van der Waals surface area contributed by atoms with Crippen LogP contribution in [0.2, 0.25) is 0 Å². The second-order valence-electron chi connectivity index (χ2n) is 4.61. The molecule has 4 heteroatoms. The predicted octanol–water partition coefficient (Wildman–Crippen LogP) is 2.13. The molecule has 0 amide bonds. The van der Waals surface area contributed by atoms with E-state index in [1.807, 2.05) is 6.07 Å². The summed E-state index contributed by atoms with van der Waals surface area (Å²) in [5.74, 6) is 1.90. The summed E-state index contributed by atoms with van der Waals surface area (Å²) in [5.41, 5.74) is 1.93. The molecule has 4 nitrogen and oxygen atoms in total. The van der Waals surface area contributed by atoms with Crippen LogP contribution in [-0.4, -0.2) is 11.8 Å². The van der Waals surface area contributed by atoms with Gasteiger partial charge in [0.05, 0.1) is 5.52 Å². The van der Waals surface area contributed by atoms with E-state index in [-0.39, 0.29) is 12.2 Å². The minimum Gasteiger partial charge on any atom is -0.454 e. The lowest BCUT2D eigenvalue weighted by atomic mass is 10.1. The highest BCUT2D eigenvalue weighted by molar-refractivity contribution is 5.83. The van der Waals surface area contributed by atoms with Crippen LogP contribution in [0, 0.1) is 0 Å². The fourth-order valence-corrected chi connectivity index (χ4v) is 2.27. The number of ether oxygens (including phenoxy) is 2. The van der Waals surface area contributed by atoms with Crippen LogP contribution in [0.4, 0.5) is 0 Å². The van der Waals surface area contributed by atoms with Gasteiger partial charge in [0.25, 0.3) is 0 Å². The van der Waals surface area contributed by atoms with Crippen molar-refractivity contribution in [3.8, 4) is 11.5 Å². The zero-order chi connectivity index (χ0) is 11.4. The van der Waals surface area contributed by atoms with Gasteiger partial charge in [0, 0.05) is 23.2 Å². The van der Waals surface area contributed by atoms with Gasteiger partial charge in [0.15, 0.2) is 16.9 Å². The maximum absolute atomic E-state index is 12.0. The fourth-order valence-electron chi connectivity index (χ4n) is 2.27. The largest absolute Gasteiger partial charge is 0.454 e. The molecule has 0 saturated heterocycles. The highest BCUT2D eigenvalue weighted by atomic mass is 16.7. The van der Waals surface area contributed by atoms with Crippen molar-refractivity contribution in [2.24, 2.45) is 0 Å². The molecule has 0 unspecified atom stereocenters. The SMILES string of the molecule is O=c1cc(C2CC2)[nH]c2cc3c(cc12)OCO3. The molecule has 4 rings (SSSR count). The number of benzene rings is 1. The monoisotopic (exact) mass is 229 g/mol. The van der Waals surface area contributed by atoms with Gasteiger partial charge in [-0.2, -0.15) is 0 Å². The van der Waals surface area contributed by atoms with Crippen LogP contribution in [0.1, 0.15) is 24.5 Å². The van der Waals surface area contributed by atoms with E-state index < -0.39 is 0 Å². The lowest BCUT2D eigenvalue weighted by Crippen LogP contribution is -2.04. The Morgan fingerprint density at radius 2 is 1.88 bits per heavy atom. The third-order valence-corrected chi connectivity index (χ3v) is 3.36. The summed E-state index contributed by atoms with van der Waals surface area (Å²) in [6.07, 6.45) is 2.35. The highest BCUT2D eigenvalue weighted by Crippen LogP contribution is 2.40. The first kappa shape index (κ1) is 9.10. The average molecular weight is 229 g/mol. The van der Waals surface area contributed by atoms with Gasteiger partial charge in [-0.3, -0.25) is 4.79 Å². The molecule has 1 N–H and O–H groups in total. The molecule has 1 aromatic carbocycles. The zero-order valence-electron chi connectivity index (χ0n) is 9.16. The van der Waals surface area contributed by atoms with E-state index in [1.165, 1.54) is 12.8 Å². The van der Waals surface area contributed by atoms with Crippen LogP contribution in [0.15, 0.2) is 23.0 Å². The summed E-state index contributed by atoms with van der Waals surface area (Å²) >= 11 is 0. The molecule has 86 valence electrons. The molecule has 1 fully saturated rings. The molecule has 17 heavy (non-hydrogen) atoms. The van der Waals surface area contributed by atoms with E-state index in [1.54, 1.807) is 12.1 Å². The van der Waals surface area contributed by atoms with Crippen molar-refractivity contribution in [3.05, 3.63) is 34.1 Å². The van der Waals surface area contributed by atoms with E-state index in [0.717, 1.165) is 11.2 Å². The van der Waals surface area contributed by atoms with E-state index in [2.05, 4.69) is 4.98 Å². The molecule has 1 aromatic heterocycles. The maximum Gasteiger partial charge on any atom is 0.231 e. The predicted molar refractivity (Wildman–Crippen MR) is 62.7 cm³/mol. The highest BCUT2D eigenvalue weighted by Gasteiger charge is 2.25. The molecule has 0 atom stereocenters. The fraction of sp³-hybridized carbons (Fsp3) is 0.308. The molecular weight excluding hydrogens is 218 g/mol. The Kier molecular flexibility index (Phi) is 1.62. The number of pyridine rings is 1. The number of hydrogen-bond acceptors (Lipinski definition) is 3.